The number of aryl methyl sites for hydroxylation is 1. The van der Waals surface area contributed by atoms with Crippen molar-refractivity contribution in [3.05, 3.63) is 30.0 Å². The van der Waals surface area contributed by atoms with E-state index < -0.39 is 0 Å². The third kappa shape index (κ3) is 2.74. The molecule has 0 atom stereocenters. The summed E-state index contributed by atoms with van der Waals surface area (Å²) in [5.41, 5.74) is 2.02. The van der Waals surface area contributed by atoms with E-state index in [-0.39, 0.29) is 5.91 Å². The van der Waals surface area contributed by atoms with E-state index in [0.29, 0.717) is 18.2 Å². The van der Waals surface area contributed by atoms with E-state index >= 15 is 0 Å². The molecule has 2 aromatic rings. The fraction of sp³-hybridized carbons (Fsp3) is 0.500. The predicted octanol–water partition coefficient (Wildman–Crippen LogP) is 1.98. The first-order chi connectivity index (χ1) is 9.72. The van der Waals surface area contributed by atoms with Crippen molar-refractivity contribution in [2.24, 2.45) is 7.05 Å². The summed E-state index contributed by atoms with van der Waals surface area (Å²) < 4.78 is 1.84. The Morgan fingerprint density at radius 3 is 3.00 bits per heavy atom. The number of anilines is 1. The summed E-state index contributed by atoms with van der Waals surface area (Å²) in [5.74, 6) is 1.11. The minimum absolute atomic E-state index is 0.0712. The number of aromatic amines is 1. The second kappa shape index (κ2) is 5.48. The number of carbonyl (C=O) groups excluding carboxylic acids is 1. The molecule has 0 aromatic carbocycles. The van der Waals surface area contributed by atoms with Crippen molar-refractivity contribution >= 4 is 11.7 Å². The maximum atomic E-state index is 12.0. The van der Waals surface area contributed by atoms with Crippen LogP contribution in [0.4, 0.5) is 5.82 Å². The first-order valence-electron chi connectivity index (χ1n) is 7.03. The molecule has 1 aliphatic rings. The number of nitrogens with one attached hydrogen (secondary N) is 2. The number of H-pyrrole nitrogens is 1. The number of imidazole rings is 1. The largest absolute Gasteiger partial charge is 0.337 e. The molecule has 1 saturated carbocycles. The van der Waals surface area contributed by atoms with Crippen molar-refractivity contribution < 1.29 is 4.79 Å². The molecular weight excluding hydrogens is 254 g/mol. The molecule has 20 heavy (non-hydrogen) atoms. The van der Waals surface area contributed by atoms with E-state index in [1.165, 1.54) is 25.7 Å². The lowest BCUT2D eigenvalue weighted by Gasteiger charge is -2.04. The van der Waals surface area contributed by atoms with E-state index in [1.807, 2.05) is 17.7 Å². The molecule has 6 heteroatoms. The minimum atomic E-state index is -0.0712. The van der Waals surface area contributed by atoms with Gasteiger partial charge in [-0.05, 0) is 12.8 Å². The molecule has 1 fully saturated rings. The van der Waals surface area contributed by atoms with Crippen LogP contribution in [-0.2, 0) is 18.3 Å². The van der Waals surface area contributed by atoms with Gasteiger partial charge in [-0.25, -0.2) is 4.98 Å². The Bertz CT molecular complexity index is 594. The fourth-order valence-electron chi connectivity index (χ4n) is 2.75. The van der Waals surface area contributed by atoms with Gasteiger partial charge in [0.25, 0.3) is 0 Å². The van der Waals surface area contributed by atoms with Crippen LogP contribution in [0.3, 0.4) is 0 Å². The average Bonchev–Trinajstić information content (AvgIpc) is 3.12. The molecule has 0 radical (unpaired) electrons. The molecular formula is C14H19N5O. The topological polar surface area (TPSA) is 75.6 Å². The Morgan fingerprint density at radius 1 is 1.50 bits per heavy atom. The van der Waals surface area contributed by atoms with Crippen LogP contribution in [0.15, 0.2) is 18.6 Å². The molecule has 6 nitrogen and oxygen atoms in total. The quantitative estimate of drug-likeness (QED) is 0.894. The summed E-state index contributed by atoms with van der Waals surface area (Å²) in [6.07, 6.45) is 8.69. The predicted molar refractivity (Wildman–Crippen MR) is 75.3 cm³/mol. The van der Waals surface area contributed by atoms with Crippen LogP contribution in [0, 0.1) is 0 Å². The second-order valence-electron chi connectivity index (χ2n) is 5.41. The average molecular weight is 273 g/mol. The number of hydrogen-bond acceptors (Lipinski definition) is 3. The molecule has 0 spiro atoms. The standard InChI is InChI=1S/C14H19N5O/c1-19-9-15-8-11(19)6-14(20)16-13-7-12(17-18-13)10-4-2-3-5-10/h7-10H,2-6H2,1H3,(H2,16,17,18,20). The summed E-state index contributed by atoms with van der Waals surface area (Å²) in [4.78, 5) is 16.0. The van der Waals surface area contributed by atoms with Gasteiger partial charge in [-0.15, -0.1) is 0 Å². The normalized spacial score (nSPS) is 15.7. The van der Waals surface area contributed by atoms with Crippen molar-refractivity contribution in [2.45, 2.75) is 38.0 Å². The number of amides is 1. The van der Waals surface area contributed by atoms with Crippen LogP contribution in [0.5, 0.6) is 0 Å². The van der Waals surface area contributed by atoms with E-state index in [0.717, 1.165) is 11.4 Å². The van der Waals surface area contributed by atoms with E-state index in [1.54, 1.807) is 12.5 Å². The van der Waals surface area contributed by atoms with Gasteiger partial charge in [0.1, 0.15) is 0 Å². The lowest BCUT2D eigenvalue weighted by Crippen LogP contribution is -2.16. The molecule has 0 bridgehead atoms. The highest BCUT2D eigenvalue weighted by Crippen LogP contribution is 2.33. The van der Waals surface area contributed by atoms with Crippen LogP contribution in [-0.4, -0.2) is 25.7 Å². The molecule has 1 amide bonds. The van der Waals surface area contributed by atoms with E-state index in [9.17, 15) is 4.79 Å². The van der Waals surface area contributed by atoms with Gasteiger partial charge in [0, 0.05) is 36.6 Å². The molecule has 0 saturated heterocycles. The van der Waals surface area contributed by atoms with E-state index in [2.05, 4.69) is 20.5 Å². The smallest absolute Gasteiger partial charge is 0.231 e. The molecule has 0 aliphatic heterocycles. The zero-order valence-electron chi connectivity index (χ0n) is 11.6. The van der Waals surface area contributed by atoms with Crippen molar-refractivity contribution in [3.8, 4) is 0 Å². The first kappa shape index (κ1) is 12.9. The van der Waals surface area contributed by atoms with Gasteiger partial charge in [0.15, 0.2) is 5.82 Å². The van der Waals surface area contributed by atoms with Gasteiger partial charge in [-0.3, -0.25) is 9.89 Å². The van der Waals surface area contributed by atoms with Gasteiger partial charge < -0.3 is 9.88 Å². The highest BCUT2D eigenvalue weighted by Gasteiger charge is 2.19. The zero-order chi connectivity index (χ0) is 13.9. The van der Waals surface area contributed by atoms with Crippen molar-refractivity contribution in [3.63, 3.8) is 0 Å². The van der Waals surface area contributed by atoms with Crippen molar-refractivity contribution in [2.75, 3.05) is 5.32 Å². The number of carbonyl (C=O) groups is 1. The minimum Gasteiger partial charge on any atom is -0.337 e. The maximum absolute atomic E-state index is 12.0. The third-order valence-corrected chi connectivity index (χ3v) is 3.92. The molecule has 2 aromatic heterocycles. The number of nitrogens with zero attached hydrogens (tertiary/aromatic N) is 3. The second-order valence-corrected chi connectivity index (χ2v) is 5.41. The Labute approximate surface area is 117 Å². The van der Waals surface area contributed by atoms with Crippen molar-refractivity contribution in [1.82, 2.24) is 19.7 Å². The van der Waals surface area contributed by atoms with Gasteiger partial charge in [0.2, 0.25) is 5.91 Å². The number of rotatable bonds is 4. The van der Waals surface area contributed by atoms with Gasteiger partial charge in [-0.1, -0.05) is 12.8 Å². The molecule has 0 unspecified atom stereocenters. The van der Waals surface area contributed by atoms with Crippen molar-refractivity contribution in [1.29, 1.82) is 0 Å². The Kier molecular flexibility index (Phi) is 3.54. The summed E-state index contributed by atoms with van der Waals surface area (Å²) in [6, 6.07) is 1.96. The molecule has 1 aliphatic carbocycles. The summed E-state index contributed by atoms with van der Waals surface area (Å²) in [6.45, 7) is 0. The molecule has 106 valence electrons. The number of aromatic nitrogens is 4. The molecule has 2 N–H and O–H groups in total. The Hall–Kier alpha value is -2.11. The Balaban J connectivity index is 1.60. The van der Waals surface area contributed by atoms with Gasteiger partial charge in [-0.2, -0.15) is 5.10 Å². The van der Waals surface area contributed by atoms with E-state index in [4.69, 9.17) is 0 Å². The first-order valence-corrected chi connectivity index (χ1v) is 7.03. The zero-order valence-corrected chi connectivity index (χ0v) is 11.6. The maximum Gasteiger partial charge on any atom is 0.231 e. The van der Waals surface area contributed by atoms with Crippen LogP contribution in [0.2, 0.25) is 0 Å². The highest BCUT2D eigenvalue weighted by molar-refractivity contribution is 5.91. The summed E-state index contributed by atoms with van der Waals surface area (Å²) in [7, 11) is 1.88. The number of hydrogen-bond donors (Lipinski definition) is 2. The van der Waals surface area contributed by atoms with Crippen LogP contribution in [0.25, 0.3) is 0 Å². The van der Waals surface area contributed by atoms with Gasteiger partial charge in [0.05, 0.1) is 12.7 Å². The van der Waals surface area contributed by atoms with Crippen LogP contribution in [0.1, 0.15) is 43.0 Å². The monoisotopic (exact) mass is 273 g/mol. The fourth-order valence-corrected chi connectivity index (χ4v) is 2.75. The highest BCUT2D eigenvalue weighted by atomic mass is 16.1. The summed E-state index contributed by atoms with van der Waals surface area (Å²) in [5, 5.41) is 10.0. The third-order valence-electron chi connectivity index (χ3n) is 3.92. The van der Waals surface area contributed by atoms with Gasteiger partial charge >= 0.3 is 0 Å². The Morgan fingerprint density at radius 2 is 2.30 bits per heavy atom. The lowest BCUT2D eigenvalue weighted by atomic mass is 10.0. The molecule has 2 heterocycles. The lowest BCUT2D eigenvalue weighted by molar-refractivity contribution is -0.115. The summed E-state index contributed by atoms with van der Waals surface area (Å²) >= 11 is 0. The SMILES string of the molecule is Cn1cncc1CC(=O)Nc1cc(C2CCCC2)[nH]n1. The van der Waals surface area contributed by atoms with Crippen LogP contribution < -0.4 is 5.32 Å². The van der Waals surface area contributed by atoms with Crippen LogP contribution >= 0.6 is 0 Å². The molecule has 3 rings (SSSR count).